The highest BCUT2D eigenvalue weighted by atomic mass is 16.6. The molecule has 16 heavy (non-hydrogen) atoms. The maximum absolute atomic E-state index is 10.9. The third-order valence-corrected chi connectivity index (χ3v) is 2.88. The molecule has 5 heteroatoms. The average molecular weight is 222 g/mol. The maximum Gasteiger partial charge on any atom is 0.292 e. The summed E-state index contributed by atoms with van der Waals surface area (Å²) in [7, 11) is 0. The Balaban J connectivity index is 2.23. The van der Waals surface area contributed by atoms with E-state index in [9.17, 15) is 15.2 Å². The molecule has 1 saturated heterocycles. The first-order chi connectivity index (χ1) is 7.68. The molecular formula is C11H14N2O3. The van der Waals surface area contributed by atoms with Crippen LogP contribution < -0.4 is 4.90 Å². The number of aliphatic hydroxyl groups is 1. The second-order valence-corrected chi connectivity index (χ2v) is 3.96. The van der Waals surface area contributed by atoms with Crippen molar-refractivity contribution in [1.82, 2.24) is 0 Å². The quantitative estimate of drug-likeness (QED) is 0.609. The SMILES string of the molecule is O=[N+]([O-])c1ccccc1N1CCC(O)CC1. The lowest BCUT2D eigenvalue weighted by atomic mass is 10.1. The van der Waals surface area contributed by atoms with Crippen LogP contribution >= 0.6 is 0 Å². The summed E-state index contributed by atoms with van der Waals surface area (Å²) in [5.41, 5.74) is 0.790. The molecule has 0 atom stereocenters. The fraction of sp³-hybridized carbons (Fsp3) is 0.455. The van der Waals surface area contributed by atoms with Crippen molar-refractivity contribution in [2.45, 2.75) is 18.9 Å². The van der Waals surface area contributed by atoms with Crippen LogP contribution in [0.5, 0.6) is 0 Å². The zero-order chi connectivity index (χ0) is 11.5. The van der Waals surface area contributed by atoms with Gasteiger partial charge in [0.1, 0.15) is 5.69 Å². The number of nitrogens with zero attached hydrogens (tertiary/aromatic N) is 2. The Hall–Kier alpha value is -1.62. The van der Waals surface area contributed by atoms with Gasteiger partial charge in [-0.15, -0.1) is 0 Å². The van der Waals surface area contributed by atoms with E-state index in [1.807, 2.05) is 4.90 Å². The number of benzene rings is 1. The van der Waals surface area contributed by atoms with E-state index >= 15 is 0 Å². The molecular weight excluding hydrogens is 208 g/mol. The first kappa shape index (κ1) is 10.9. The number of hydrogen-bond donors (Lipinski definition) is 1. The van der Waals surface area contributed by atoms with Gasteiger partial charge in [0, 0.05) is 19.2 Å². The molecule has 0 aromatic heterocycles. The van der Waals surface area contributed by atoms with E-state index in [0.717, 1.165) is 0 Å². The highest BCUT2D eigenvalue weighted by molar-refractivity contribution is 5.63. The molecule has 1 aliphatic heterocycles. The normalized spacial score (nSPS) is 17.4. The van der Waals surface area contributed by atoms with Crippen LogP contribution in [0, 0.1) is 10.1 Å². The van der Waals surface area contributed by atoms with E-state index in [4.69, 9.17) is 0 Å². The second-order valence-electron chi connectivity index (χ2n) is 3.96. The van der Waals surface area contributed by atoms with Crippen molar-refractivity contribution < 1.29 is 10.0 Å². The predicted octanol–water partition coefficient (Wildman–Crippen LogP) is 1.56. The van der Waals surface area contributed by atoms with E-state index in [2.05, 4.69) is 0 Å². The molecule has 1 heterocycles. The summed E-state index contributed by atoms with van der Waals surface area (Å²) in [5, 5.41) is 20.3. The Kier molecular flexibility index (Phi) is 3.05. The van der Waals surface area contributed by atoms with Crippen LogP contribution in [0.4, 0.5) is 11.4 Å². The van der Waals surface area contributed by atoms with E-state index in [1.165, 1.54) is 6.07 Å². The minimum atomic E-state index is -0.361. The van der Waals surface area contributed by atoms with E-state index in [1.54, 1.807) is 18.2 Å². The molecule has 0 amide bonds. The summed E-state index contributed by atoms with van der Waals surface area (Å²) in [6, 6.07) is 6.74. The average Bonchev–Trinajstić information content (AvgIpc) is 2.30. The van der Waals surface area contributed by atoms with Gasteiger partial charge < -0.3 is 10.0 Å². The summed E-state index contributed by atoms with van der Waals surface area (Å²) in [4.78, 5) is 12.5. The maximum atomic E-state index is 10.9. The molecule has 0 unspecified atom stereocenters. The number of piperidine rings is 1. The summed E-state index contributed by atoms with van der Waals surface area (Å²) >= 11 is 0. The summed E-state index contributed by atoms with van der Waals surface area (Å²) in [6.07, 6.45) is 1.08. The van der Waals surface area contributed by atoms with Crippen LogP contribution in [0.15, 0.2) is 24.3 Å². The minimum absolute atomic E-state index is 0.138. The number of nitro groups is 1. The predicted molar refractivity (Wildman–Crippen MR) is 60.6 cm³/mol. The molecule has 0 bridgehead atoms. The molecule has 0 spiro atoms. The van der Waals surface area contributed by atoms with E-state index < -0.39 is 0 Å². The van der Waals surface area contributed by atoms with Crippen LogP contribution in [0.3, 0.4) is 0 Å². The summed E-state index contributed by atoms with van der Waals surface area (Å²) in [5.74, 6) is 0. The highest BCUT2D eigenvalue weighted by Crippen LogP contribution is 2.29. The van der Waals surface area contributed by atoms with E-state index in [-0.39, 0.29) is 16.7 Å². The number of nitro benzene ring substituents is 1. The van der Waals surface area contributed by atoms with Gasteiger partial charge in [0.2, 0.25) is 0 Å². The first-order valence-corrected chi connectivity index (χ1v) is 5.35. The van der Waals surface area contributed by atoms with Gasteiger partial charge in [0.15, 0.2) is 0 Å². The Labute approximate surface area is 93.5 Å². The van der Waals surface area contributed by atoms with Crippen molar-refractivity contribution >= 4 is 11.4 Å². The molecule has 5 nitrogen and oxygen atoms in total. The van der Waals surface area contributed by atoms with Gasteiger partial charge in [0.25, 0.3) is 5.69 Å². The number of hydrogen-bond acceptors (Lipinski definition) is 4. The lowest BCUT2D eigenvalue weighted by Crippen LogP contribution is -2.36. The summed E-state index contributed by atoms with van der Waals surface area (Å²) in [6.45, 7) is 1.35. The second kappa shape index (κ2) is 4.49. The molecule has 1 aliphatic rings. The Morgan fingerprint density at radius 2 is 1.94 bits per heavy atom. The van der Waals surface area contributed by atoms with Gasteiger partial charge in [-0.25, -0.2) is 0 Å². The smallest absolute Gasteiger partial charge is 0.292 e. The summed E-state index contributed by atoms with van der Waals surface area (Å²) < 4.78 is 0. The fourth-order valence-electron chi connectivity index (χ4n) is 1.99. The number of para-hydroxylation sites is 2. The van der Waals surface area contributed by atoms with Crippen LogP contribution in [0.25, 0.3) is 0 Å². The molecule has 86 valence electrons. The Bertz CT molecular complexity index is 387. The van der Waals surface area contributed by atoms with Gasteiger partial charge in [-0.1, -0.05) is 12.1 Å². The molecule has 1 fully saturated rings. The molecule has 0 aliphatic carbocycles. The Morgan fingerprint density at radius 3 is 2.56 bits per heavy atom. The number of anilines is 1. The molecule has 0 radical (unpaired) electrons. The lowest BCUT2D eigenvalue weighted by molar-refractivity contribution is -0.384. The number of aliphatic hydroxyl groups excluding tert-OH is 1. The van der Waals surface area contributed by atoms with Crippen molar-refractivity contribution in [3.05, 3.63) is 34.4 Å². The van der Waals surface area contributed by atoms with Crippen LogP contribution in [-0.2, 0) is 0 Å². The van der Waals surface area contributed by atoms with Crippen molar-refractivity contribution in [3.63, 3.8) is 0 Å². The van der Waals surface area contributed by atoms with Gasteiger partial charge in [-0.05, 0) is 18.9 Å². The zero-order valence-corrected chi connectivity index (χ0v) is 8.87. The zero-order valence-electron chi connectivity index (χ0n) is 8.87. The monoisotopic (exact) mass is 222 g/mol. The minimum Gasteiger partial charge on any atom is -0.393 e. The molecule has 0 saturated carbocycles. The largest absolute Gasteiger partial charge is 0.393 e. The van der Waals surface area contributed by atoms with Gasteiger partial charge in [0.05, 0.1) is 11.0 Å². The lowest BCUT2D eigenvalue weighted by Gasteiger charge is -2.30. The number of rotatable bonds is 2. The highest BCUT2D eigenvalue weighted by Gasteiger charge is 2.22. The van der Waals surface area contributed by atoms with Gasteiger partial charge >= 0.3 is 0 Å². The molecule has 1 N–H and O–H groups in total. The molecule has 1 aromatic carbocycles. The third kappa shape index (κ3) is 2.14. The van der Waals surface area contributed by atoms with Crippen LogP contribution in [0.2, 0.25) is 0 Å². The van der Waals surface area contributed by atoms with Gasteiger partial charge in [-0.3, -0.25) is 10.1 Å². The van der Waals surface area contributed by atoms with Crippen LogP contribution in [-0.4, -0.2) is 29.2 Å². The molecule has 2 rings (SSSR count). The fourth-order valence-corrected chi connectivity index (χ4v) is 1.99. The standard InChI is InChI=1S/C11H14N2O3/c14-9-5-7-12(8-6-9)10-3-1-2-4-11(10)13(15)16/h1-4,9,14H,5-8H2. The van der Waals surface area contributed by atoms with Gasteiger partial charge in [-0.2, -0.15) is 0 Å². The van der Waals surface area contributed by atoms with Crippen molar-refractivity contribution in [2.75, 3.05) is 18.0 Å². The Morgan fingerprint density at radius 1 is 1.31 bits per heavy atom. The molecule has 1 aromatic rings. The topological polar surface area (TPSA) is 66.6 Å². The third-order valence-electron chi connectivity index (χ3n) is 2.88. The van der Waals surface area contributed by atoms with E-state index in [0.29, 0.717) is 31.6 Å². The van der Waals surface area contributed by atoms with Crippen molar-refractivity contribution in [3.8, 4) is 0 Å². The first-order valence-electron chi connectivity index (χ1n) is 5.35. The van der Waals surface area contributed by atoms with Crippen molar-refractivity contribution in [2.24, 2.45) is 0 Å². The van der Waals surface area contributed by atoms with Crippen molar-refractivity contribution in [1.29, 1.82) is 0 Å². The van der Waals surface area contributed by atoms with Crippen LogP contribution in [0.1, 0.15) is 12.8 Å².